The van der Waals surface area contributed by atoms with Crippen LogP contribution in [0.15, 0.2) is 18.2 Å². The van der Waals surface area contributed by atoms with E-state index in [1.165, 1.54) is 37.8 Å². The molecule has 0 atom stereocenters. The van der Waals surface area contributed by atoms with Crippen molar-refractivity contribution in [2.24, 2.45) is 5.41 Å². The second-order valence-electron chi connectivity index (χ2n) is 5.71. The zero-order valence-electron chi connectivity index (χ0n) is 10.8. The number of hydrogen-bond donors (Lipinski definition) is 1. The lowest BCUT2D eigenvalue weighted by Crippen LogP contribution is -2.42. The first-order valence-corrected chi connectivity index (χ1v) is 6.76. The average Bonchev–Trinajstić information content (AvgIpc) is 2.61. The number of hydrogen-bond acceptors (Lipinski definition) is 1. The van der Waals surface area contributed by atoms with Crippen LogP contribution in [-0.4, -0.2) is 17.3 Å². The van der Waals surface area contributed by atoms with Crippen LogP contribution in [0.25, 0.3) is 0 Å². The zero-order valence-corrected chi connectivity index (χ0v) is 10.8. The molecule has 0 aromatic heterocycles. The molecule has 1 heterocycles. The second kappa shape index (κ2) is 4.08. The summed E-state index contributed by atoms with van der Waals surface area (Å²) in [6.45, 7) is 3.97. The van der Waals surface area contributed by atoms with Gasteiger partial charge in [-0.25, -0.2) is 4.39 Å². The number of amidine groups is 1. The SMILES string of the molecule is CCC1(CN2Cc3ccc(F)cc3C2=N)CCC1. The van der Waals surface area contributed by atoms with Gasteiger partial charge >= 0.3 is 0 Å². The van der Waals surface area contributed by atoms with Gasteiger partial charge in [-0.15, -0.1) is 0 Å². The van der Waals surface area contributed by atoms with Crippen LogP contribution in [0.2, 0.25) is 0 Å². The van der Waals surface area contributed by atoms with Crippen molar-refractivity contribution in [1.29, 1.82) is 5.41 Å². The highest BCUT2D eigenvalue weighted by atomic mass is 19.1. The van der Waals surface area contributed by atoms with E-state index in [2.05, 4.69) is 11.8 Å². The largest absolute Gasteiger partial charge is 0.352 e. The molecule has 0 radical (unpaired) electrons. The summed E-state index contributed by atoms with van der Waals surface area (Å²) in [5.41, 5.74) is 2.28. The number of benzene rings is 1. The van der Waals surface area contributed by atoms with E-state index in [9.17, 15) is 4.39 Å². The fraction of sp³-hybridized carbons (Fsp3) is 0.533. The standard InChI is InChI=1S/C15H19FN2/c1-2-15(6-3-7-15)10-18-9-11-4-5-12(16)8-13(11)14(18)17/h4-5,8,17H,2-3,6-7,9-10H2,1H3. The van der Waals surface area contributed by atoms with Gasteiger partial charge < -0.3 is 4.90 Å². The normalized spacial score (nSPS) is 20.8. The molecule has 2 nitrogen and oxygen atoms in total. The zero-order chi connectivity index (χ0) is 12.8. The first-order chi connectivity index (χ1) is 8.63. The highest BCUT2D eigenvalue weighted by molar-refractivity contribution is 6.00. The van der Waals surface area contributed by atoms with Gasteiger partial charge in [0.2, 0.25) is 0 Å². The van der Waals surface area contributed by atoms with E-state index in [4.69, 9.17) is 5.41 Å². The monoisotopic (exact) mass is 246 g/mol. The molecule has 18 heavy (non-hydrogen) atoms. The van der Waals surface area contributed by atoms with Crippen molar-refractivity contribution < 1.29 is 4.39 Å². The minimum atomic E-state index is -0.241. The van der Waals surface area contributed by atoms with Crippen molar-refractivity contribution in [2.45, 2.75) is 39.2 Å². The molecule has 1 aromatic rings. The smallest absolute Gasteiger partial charge is 0.128 e. The molecule has 96 valence electrons. The van der Waals surface area contributed by atoms with Crippen LogP contribution in [0.4, 0.5) is 4.39 Å². The van der Waals surface area contributed by atoms with Gasteiger partial charge in [-0.3, -0.25) is 5.41 Å². The minimum absolute atomic E-state index is 0.241. The van der Waals surface area contributed by atoms with Gasteiger partial charge in [0.15, 0.2) is 0 Å². The fourth-order valence-electron chi connectivity index (χ4n) is 3.20. The Kier molecular flexibility index (Phi) is 2.65. The number of nitrogens with zero attached hydrogens (tertiary/aromatic N) is 1. The lowest BCUT2D eigenvalue weighted by molar-refractivity contribution is 0.0899. The molecule has 1 aromatic carbocycles. The molecule has 0 amide bonds. The Hall–Kier alpha value is -1.38. The summed E-state index contributed by atoms with van der Waals surface area (Å²) >= 11 is 0. The molecule has 1 fully saturated rings. The summed E-state index contributed by atoms with van der Waals surface area (Å²) in [6.07, 6.45) is 5.05. The van der Waals surface area contributed by atoms with Gasteiger partial charge in [-0.05, 0) is 42.4 Å². The molecule has 1 aliphatic carbocycles. The van der Waals surface area contributed by atoms with Crippen molar-refractivity contribution in [1.82, 2.24) is 4.90 Å². The number of nitrogens with one attached hydrogen (secondary N) is 1. The van der Waals surface area contributed by atoms with E-state index in [1.54, 1.807) is 0 Å². The van der Waals surface area contributed by atoms with Crippen molar-refractivity contribution in [3.8, 4) is 0 Å². The lowest BCUT2D eigenvalue weighted by Gasteiger charge is -2.44. The number of fused-ring (bicyclic) bond motifs is 1. The van der Waals surface area contributed by atoms with E-state index in [1.807, 2.05) is 6.07 Å². The second-order valence-corrected chi connectivity index (χ2v) is 5.71. The topological polar surface area (TPSA) is 27.1 Å². The molecule has 1 N–H and O–H groups in total. The van der Waals surface area contributed by atoms with Crippen LogP contribution in [0.5, 0.6) is 0 Å². The van der Waals surface area contributed by atoms with Crippen molar-refractivity contribution in [2.75, 3.05) is 6.54 Å². The summed E-state index contributed by atoms with van der Waals surface area (Å²) in [5.74, 6) is 0.262. The van der Waals surface area contributed by atoms with Gasteiger partial charge in [0, 0.05) is 18.7 Å². The molecular weight excluding hydrogens is 227 g/mol. The van der Waals surface area contributed by atoms with Gasteiger partial charge in [-0.2, -0.15) is 0 Å². The molecule has 3 heteroatoms. The Bertz CT molecular complexity index is 486. The first-order valence-electron chi connectivity index (χ1n) is 6.76. The van der Waals surface area contributed by atoms with E-state index in [0.717, 1.165) is 24.2 Å². The van der Waals surface area contributed by atoms with E-state index >= 15 is 0 Å². The molecular formula is C15H19FN2. The first kappa shape index (κ1) is 11.7. The Morgan fingerprint density at radius 2 is 2.17 bits per heavy atom. The number of halogens is 1. The van der Waals surface area contributed by atoms with Gasteiger partial charge in [0.05, 0.1) is 0 Å². The number of rotatable bonds is 3. The molecule has 0 bridgehead atoms. The van der Waals surface area contributed by atoms with Crippen molar-refractivity contribution in [3.63, 3.8) is 0 Å². The molecule has 0 saturated heterocycles. The van der Waals surface area contributed by atoms with Crippen LogP contribution >= 0.6 is 0 Å². The molecule has 3 rings (SSSR count). The van der Waals surface area contributed by atoms with Gasteiger partial charge in [0.1, 0.15) is 11.7 Å². The maximum absolute atomic E-state index is 13.2. The van der Waals surface area contributed by atoms with E-state index < -0.39 is 0 Å². The summed E-state index contributed by atoms with van der Waals surface area (Å²) in [7, 11) is 0. The predicted molar refractivity (Wildman–Crippen MR) is 70.2 cm³/mol. The maximum atomic E-state index is 13.2. The third-order valence-corrected chi connectivity index (χ3v) is 4.69. The fourth-order valence-corrected chi connectivity index (χ4v) is 3.20. The summed E-state index contributed by atoms with van der Waals surface area (Å²) in [6, 6.07) is 4.81. The molecule has 1 aliphatic heterocycles. The van der Waals surface area contributed by atoms with Gasteiger partial charge in [-0.1, -0.05) is 19.4 Å². The quantitative estimate of drug-likeness (QED) is 0.867. The van der Waals surface area contributed by atoms with Crippen LogP contribution < -0.4 is 0 Å². The van der Waals surface area contributed by atoms with Crippen LogP contribution in [0.3, 0.4) is 0 Å². The third kappa shape index (κ3) is 1.73. The predicted octanol–water partition coefficient (Wildman–Crippen LogP) is 3.55. The van der Waals surface area contributed by atoms with Gasteiger partial charge in [0.25, 0.3) is 0 Å². The molecule has 1 saturated carbocycles. The Labute approximate surface area is 107 Å². The van der Waals surface area contributed by atoms with Crippen LogP contribution in [-0.2, 0) is 6.54 Å². The van der Waals surface area contributed by atoms with E-state index in [0.29, 0.717) is 11.3 Å². The summed E-state index contributed by atoms with van der Waals surface area (Å²) < 4.78 is 13.2. The Balaban J connectivity index is 1.80. The highest BCUT2D eigenvalue weighted by Gasteiger charge is 2.39. The van der Waals surface area contributed by atoms with E-state index in [-0.39, 0.29) is 5.82 Å². The average molecular weight is 246 g/mol. The highest BCUT2D eigenvalue weighted by Crippen LogP contribution is 2.45. The van der Waals surface area contributed by atoms with Crippen molar-refractivity contribution >= 4 is 5.84 Å². The Morgan fingerprint density at radius 3 is 2.78 bits per heavy atom. The summed E-state index contributed by atoms with van der Waals surface area (Å²) in [5, 5.41) is 8.20. The molecule has 2 aliphatic rings. The summed E-state index contributed by atoms with van der Waals surface area (Å²) in [4.78, 5) is 2.12. The minimum Gasteiger partial charge on any atom is -0.352 e. The lowest BCUT2D eigenvalue weighted by atomic mass is 9.67. The maximum Gasteiger partial charge on any atom is 0.128 e. The third-order valence-electron chi connectivity index (χ3n) is 4.69. The van der Waals surface area contributed by atoms with Crippen LogP contribution in [0.1, 0.15) is 43.7 Å². The molecule has 0 unspecified atom stereocenters. The van der Waals surface area contributed by atoms with Crippen molar-refractivity contribution in [3.05, 3.63) is 35.1 Å². The Morgan fingerprint density at radius 1 is 1.39 bits per heavy atom. The van der Waals surface area contributed by atoms with Crippen LogP contribution in [0, 0.1) is 16.6 Å². The molecule has 0 spiro atoms.